The first kappa shape index (κ1) is 13.7. The summed E-state index contributed by atoms with van der Waals surface area (Å²) in [5.74, 6) is 1.12. The zero-order chi connectivity index (χ0) is 13.7. The molecule has 5 nitrogen and oxygen atoms in total. The smallest absolute Gasteiger partial charge is 0.319 e. The summed E-state index contributed by atoms with van der Waals surface area (Å²) in [5, 5.41) is 5.81. The predicted molar refractivity (Wildman–Crippen MR) is 75.3 cm³/mol. The van der Waals surface area contributed by atoms with Crippen LogP contribution in [-0.2, 0) is 0 Å². The van der Waals surface area contributed by atoms with Gasteiger partial charge in [0.25, 0.3) is 0 Å². The summed E-state index contributed by atoms with van der Waals surface area (Å²) in [5.41, 5.74) is 6.42. The van der Waals surface area contributed by atoms with Crippen LogP contribution in [0, 0.1) is 5.92 Å². The van der Waals surface area contributed by atoms with Crippen molar-refractivity contribution in [3.63, 3.8) is 0 Å². The van der Waals surface area contributed by atoms with Crippen molar-refractivity contribution in [1.29, 1.82) is 0 Å². The van der Waals surface area contributed by atoms with Gasteiger partial charge in [-0.05, 0) is 37.4 Å². The van der Waals surface area contributed by atoms with Gasteiger partial charge in [-0.15, -0.1) is 0 Å². The first-order valence-electron chi connectivity index (χ1n) is 6.64. The fourth-order valence-electron chi connectivity index (χ4n) is 2.55. The van der Waals surface area contributed by atoms with Crippen LogP contribution in [0.1, 0.15) is 19.3 Å². The van der Waals surface area contributed by atoms with Crippen molar-refractivity contribution in [2.75, 3.05) is 19.0 Å². The van der Waals surface area contributed by atoms with Gasteiger partial charge in [0.05, 0.1) is 7.11 Å². The van der Waals surface area contributed by atoms with Gasteiger partial charge < -0.3 is 21.1 Å². The quantitative estimate of drug-likeness (QED) is 0.777. The monoisotopic (exact) mass is 263 g/mol. The van der Waals surface area contributed by atoms with Gasteiger partial charge in [0, 0.05) is 17.8 Å². The Labute approximate surface area is 113 Å². The van der Waals surface area contributed by atoms with E-state index in [2.05, 4.69) is 10.6 Å². The third-order valence-corrected chi connectivity index (χ3v) is 3.61. The Morgan fingerprint density at radius 2 is 2.32 bits per heavy atom. The molecule has 2 atom stereocenters. The van der Waals surface area contributed by atoms with E-state index >= 15 is 0 Å². The molecular formula is C14H21N3O2. The zero-order valence-corrected chi connectivity index (χ0v) is 11.2. The van der Waals surface area contributed by atoms with Crippen LogP contribution in [0.5, 0.6) is 5.75 Å². The highest BCUT2D eigenvalue weighted by atomic mass is 16.5. The number of rotatable bonds is 4. The van der Waals surface area contributed by atoms with Crippen LogP contribution in [0.4, 0.5) is 10.5 Å². The molecule has 0 bridgehead atoms. The molecule has 2 amide bonds. The van der Waals surface area contributed by atoms with Gasteiger partial charge in [0.2, 0.25) is 0 Å². The molecule has 1 aromatic rings. The number of anilines is 1. The average Bonchev–Trinajstić information content (AvgIpc) is 2.86. The molecule has 0 aliphatic heterocycles. The van der Waals surface area contributed by atoms with Crippen molar-refractivity contribution < 1.29 is 9.53 Å². The topological polar surface area (TPSA) is 76.4 Å². The van der Waals surface area contributed by atoms with Crippen LogP contribution in [-0.4, -0.2) is 25.7 Å². The molecule has 2 unspecified atom stereocenters. The Morgan fingerprint density at radius 1 is 1.47 bits per heavy atom. The normalized spacial score (nSPS) is 22.0. The van der Waals surface area contributed by atoms with Gasteiger partial charge >= 0.3 is 6.03 Å². The highest BCUT2D eigenvalue weighted by Crippen LogP contribution is 2.24. The van der Waals surface area contributed by atoms with Gasteiger partial charge in [-0.3, -0.25) is 0 Å². The maximum absolute atomic E-state index is 11.9. The molecule has 1 saturated carbocycles. The second-order valence-corrected chi connectivity index (χ2v) is 4.86. The number of hydrogen-bond donors (Lipinski definition) is 3. The van der Waals surface area contributed by atoms with E-state index in [0.29, 0.717) is 12.5 Å². The van der Waals surface area contributed by atoms with Crippen molar-refractivity contribution in [1.82, 2.24) is 5.32 Å². The highest BCUT2D eigenvalue weighted by molar-refractivity contribution is 5.89. The number of ether oxygens (including phenoxy) is 1. The summed E-state index contributed by atoms with van der Waals surface area (Å²) in [4.78, 5) is 11.9. The number of nitrogens with one attached hydrogen (secondary N) is 2. The molecule has 0 saturated heterocycles. The summed E-state index contributed by atoms with van der Waals surface area (Å²) in [6.07, 6.45) is 3.24. The molecule has 104 valence electrons. The summed E-state index contributed by atoms with van der Waals surface area (Å²) in [7, 11) is 1.60. The summed E-state index contributed by atoms with van der Waals surface area (Å²) in [6.45, 7) is 0.629. The highest BCUT2D eigenvalue weighted by Gasteiger charge is 2.27. The molecular weight excluding hydrogens is 242 g/mol. The number of nitrogens with two attached hydrogens (primary N) is 1. The number of urea groups is 1. The van der Waals surface area contributed by atoms with Crippen LogP contribution in [0.2, 0.25) is 0 Å². The third kappa shape index (κ3) is 3.61. The lowest BCUT2D eigenvalue weighted by Crippen LogP contribution is -2.42. The van der Waals surface area contributed by atoms with E-state index in [0.717, 1.165) is 30.7 Å². The number of carbonyl (C=O) groups is 1. The minimum atomic E-state index is -0.182. The van der Waals surface area contributed by atoms with Gasteiger partial charge in [0.1, 0.15) is 5.75 Å². The van der Waals surface area contributed by atoms with Crippen LogP contribution < -0.4 is 21.1 Å². The summed E-state index contributed by atoms with van der Waals surface area (Å²) in [6, 6.07) is 7.30. The molecule has 0 radical (unpaired) electrons. The standard InChI is InChI=1S/C14H21N3O2/c1-19-12-6-3-5-11(8-12)16-14(18)17-13-7-2-4-10(13)9-15/h3,5-6,8,10,13H,2,4,7,9,15H2,1H3,(H2,16,17,18). The summed E-state index contributed by atoms with van der Waals surface area (Å²) < 4.78 is 5.12. The molecule has 2 rings (SSSR count). The minimum Gasteiger partial charge on any atom is -0.497 e. The maximum atomic E-state index is 11.9. The Bertz CT molecular complexity index is 436. The van der Waals surface area contributed by atoms with E-state index in [9.17, 15) is 4.79 Å². The Balaban J connectivity index is 1.90. The Kier molecular flexibility index (Phi) is 4.63. The molecule has 0 heterocycles. The largest absolute Gasteiger partial charge is 0.497 e. The van der Waals surface area contributed by atoms with E-state index < -0.39 is 0 Å². The fraction of sp³-hybridized carbons (Fsp3) is 0.500. The molecule has 1 aliphatic carbocycles. The molecule has 19 heavy (non-hydrogen) atoms. The van der Waals surface area contributed by atoms with Crippen molar-refractivity contribution in [2.45, 2.75) is 25.3 Å². The minimum absolute atomic E-state index is 0.182. The Hall–Kier alpha value is -1.75. The van der Waals surface area contributed by atoms with E-state index in [-0.39, 0.29) is 12.1 Å². The number of methoxy groups -OCH3 is 1. The molecule has 1 aliphatic rings. The number of hydrogen-bond acceptors (Lipinski definition) is 3. The SMILES string of the molecule is COc1cccc(NC(=O)NC2CCCC2CN)c1. The molecule has 0 aromatic heterocycles. The van der Waals surface area contributed by atoms with Crippen molar-refractivity contribution in [3.05, 3.63) is 24.3 Å². The second-order valence-electron chi connectivity index (χ2n) is 4.86. The first-order valence-corrected chi connectivity index (χ1v) is 6.64. The van der Waals surface area contributed by atoms with Gasteiger partial charge in [-0.25, -0.2) is 4.79 Å². The van der Waals surface area contributed by atoms with Crippen LogP contribution in [0.3, 0.4) is 0 Å². The lowest BCUT2D eigenvalue weighted by Gasteiger charge is -2.19. The fourth-order valence-corrected chi connectivity index (χ4v) is 2.55. The Morgan fingerprint density at radius 3 is 3.05 bits per heavy atom. The van der Waals surface area contributed by atoms with Gasteiger partial charge in [0.15, 0.2) is 0 Å². The van der Waals surface area contributed by atoms with Gasteiger partial charge in [-0.2, -0.15) is 0 Å². The number of amides is 2. The molecule has 1 fully saturated rings. The molecule has 1 aromatic carbocycles. The maximum Gasteiger partial charge on any atom is 0.319 e. The van der Waals surface area contributed by atoms with E-state index in [1.54, 1.807) is 13.2 Å². The zero-order valence-electron chi connectivity index (χ0n) is 11.2. The number of carbonyl (C=O) groups excluding carboxylic acids is 1. The third-order valence-electron chi connectivity index (χ3n) is 3.61. The van der Waals surface area contributed by atoms with Crippen LogP contribution >= 0.6 is 0 Å². The van der Waals surface area contributed by atoms with E-state index in [1.165, 1.54) is 0 Å². The van der Waals surface area contributed by atoms with Crippen LogP contribution in [0.15, 0.2) is 24.3 Å². The second kappa shape index (κ2) is 6.43. The van der Waals surface area contributed by atoms with Gasteiger partial charge in [-0.1, -0.05) is 12.5 Å². The molecule has 5 heteroatoms. The molecule has 4 N–H and O–H groups in total. The lowest BCUT2D eigenvalue weighted by atomic mass is 10.0. The van der Waals surface area contributed by atoms with Crippen molar-refractivity contribution in [2.24, 2.45) is 11.7 Å². The average molecular weight is 263 g/mol. The predicted octanol–water partition coefficient (Wildman–Crippen LogP) is 1.94. The van der Waals surface area contributed by atoms with Crippen molar-refractivity contribution in [3.8, 4) is 5.75 Å². The number of benzene rings is 1. The van der Waals surface area contributed by atoms with Crippen LogP contribution in [0.25, 0.3) is 0 Å². The van der Waals surface area contributed by atoms with E-state index in [1.807, 2.05) is 18.2 Å². The summed E-state index contributed by atoms with van der Waals surface area (Å²) >= 11 is 0. The van der Waals surface area contributed by atoms with Crippen molar-refractivity contribution >= 4 is 11.7 Å². The first-order chi connectivity index (χ1) is 9.22. The lowest BCUT2D eigenvalue weighted by molar-refractivity contribution is 0.245. The molecule has 0 spiro atoms. The van der Waals surface area contributed by atoms with E-state index in [4.69, 9.17) is 10.5 Å².